The summed E-state index contributed by atoms with van der Waals surface area (Å²) in [5.41, 5.74) is 0.664. The van der Waals surface area contributed by atoms with Crippen LogP contribution in [0.4, 0.5) is 13.2 Å². The van der Waals surface area contributed by atoms with E-state index in [0.717, 1.165) is 14.2 Å². The molecule has 0 unspecified atom stereocenters. The summed E-state index contributed by atoms with van der Waals surface area (Å²) in [6.45, 7) is -1.44. The van der Waals surface area contributed by atoms with Gasteiger partial charge in [-0.05, 0) is 36.4 Å². The monoisotopic (exact) mass is 434 g/mol. The third kappa shape index (κ3) is 4.85. The summed E-state index contributed by atoms with van der Waals surface area (Å²) in [7, 11) is 2.32. The molecular formula is C21H17F3N2O5. The van der Waals surface area contributed by atoms with Crippen LogP contribution in [0.3, 0.4) is 0 Å². The van der Waals surface area contributed by atoms with Gasteiger partial charge >= 0.3 is 18.1 Å². The summed E-state index contributed by atoms with van der Waals surface area (Å²) in [5.74, 6) is -1.65. The Bertz CT molecular complexity index is 1080. The van der Waals surface area contributed by atoms with Crippen molar-refractivity contribution in [3.05, 3.63) is 65.9 Å². The number of carbonyl (C=O) groups is 2. The summed E-state index contributed by atoms with van der Waals surface area (Å²) in [4.78, 5) is 25.0. The van der Waals surface area contributed by atoms with E-state index in [2.05, 4.69) is 5.10 Å². The first-order valence-electron chi connectivity index (χ1n) is 8.90. The smallest absolute Gasteiger partial charge is 0.422 e. The lowest BCUT2D eigenvalue weighted by atomic mass is 10.1. The molecule has 0 spiro atoms. The quantitative estimate of drug-likeness (QED) is 0.545. The number of methoxy groups -OCH3 is 2. The van der Waals surface area contributed by atoms with E-state index in [0.29, 0.717) is 11.3 Å². The molecule has 0 atom stereocenters. The molecule has 3 rings (SSSR count). The van der Waals surface area contributed by atoms with Crippen LogP contribution in [0.5, 0.6) is 5.75 Å². The van der Waals surface area contributed by atoms with E-state index in [-0.39, 0.29) is 22.7 Å². The van der Waals surface area contributed by atoms with Gasteiger partial charge in [0.1, 0.15) is 17.0 Å². The highest BCUT2D eigenvalue weighted by atomic mass is 19.4. The topological polar surface area (TPSA) is 79.7 Å². The van der Waals surface area contributed by atoms with Crippen LogP contribution >= 0.6 is 0 Å². The standard InChI is InChI=1S/C21H17F3N2O5/c1-29-19(27)16-17(13-8-10-15(11-9-13)31-12-21(22,23)24)25-26(18(16)20(28)30-2)14-6-4-3-5-7-14/h3-11H,12H2,1-2H3. The maximum atomic E-state index is 12.5. The van der Waals surface area contributed by atoms with Gasteiger partial charge in [0.05, 0.1) is 19.9 Å². The van der Waals surface area contributed by atoms with Gasteiger partial charge in [0, 0.05) is 5.56 Å². The zero-order valence-electron chi connectivity index (χ0n) is 16.5. The Hall–Kier alpha value is -3.82. The van der Waals surface area contributed by atoms with Crippen LogP contribution in [0.25, 0.3) is 16.9 Å². The van der Waals surface area contributed by atoms with E-state index < -0.39 is 24.7 Å². The molecule has 1 heterocycles. The van der Waals surface area contributed by atoms with Crippen LogP contribution < -0.4 is 4.74 Å². The van der Waals surface area contributed by atoms with Crippen LogP contribution in [-0.4, -0.2) is 48.7 Å². The average Bonchev–Trinajstić information content (AvgIpc) is 3.17. The van der Waals surface area contributed by atoms with E-state index in [4.69, 9.17) is 14.2 Å². The number of hydrogen-bond acceptors (Lipinski definition) is 6. The molecule has 3 aromatic rings. The van der Waals surface area contributed by atoms with Gasteiger partial charge in [0.25, 0.3) is 0 Å². The highest BCUT2D eigenvalue weighted by Crippen LogP contribution is 2.30. The molecule has 0 N–H and O–H groups in total. The van der Waals surface area contributed by atoms with Crippen molar-refractivity contribution in [2.24, 2.45) is 0 Å². The molecule has 162 valence electrons. The van der Waals surface area contributed by atoms with Gasteiger partial charge in [-0.1, -0.05) is 18.2 Å². The van der Waals surface area contributed by atoms with E-state index in [9.17, 15) is 22.8 Å². The second-order valence-corrected chi connectivity index (χ2v) is 6.23. The molecule has 0 radical (unpaired) electrons. The number of carbonyl (C=O) groups excluding carboxylic acids is 2. The molecule has 7 nitrogen and oxygen atoms in total. The normalized spacial score (nSPS) is 11.1. The van der Waals surface area contributed by atoms with Crippen molar-refractivity contribution in [1.29, 1.82) is 0 Å². The SMILES string of the molecule is COC(=O)c1c(-c2ccc(OCC(F)(F)F)cc2)nn(-c2ccccc2)c1C(=O)OC. The Morgan fingerprint density at radius 1 is 0.935 bits per heavy atom. The zero-order valence-corrected chi connectivity index (χ0v) is 16.5. The number of halogens is 3. The Balaban J connectivity index is 2.12. The molecule has 0 saturated heterocycles. The van der Waals surface area contributed by atoms with Gasteiger partial charge in [-0.2, -0.15) is 18.3 Å². The molecule has 0 aliphatic carbocycles. The third-order valence-electron chi connectivity index (χ3n) is 4.18. The number of hydrogen-bond donors (Lipinski definition) is 0. The maximum Gasteiger partial charge on any atom is 0.422 e. The lowest BCUT2D eigenvalue weighted by Crippen LogP contribution is -2.19. The minimum Gasteiger partial charge on any atom is -0.484 e. The number of benzene rings is 2. The van der Waals surface area contributed by atoms with Gasteiger partial charge in [-0.15, -0.1) is 0 Å². The van der Waals surface area contributed by atoms with Gasteiger partial charge in [-0.3, -0.25) is 0 Å². The Labute approximate surface area is 175 Å². The Kier molecular flexibility index (Phi) is 6.28. The van der Waals surface area contributed by atoms with Gasteiger partial charge in [-0.25, -0.2) is 14.3 Å². The van der Waals surface area contributed by atoms with Crippen molar-refractivity contribution in [1.82, 2.24) is 9.78 Å². The van der Waals surface area contributed by atoms with E-state index in [1.165, 1.54) is 28.9 Å². The number of alkyl halides is 3. The van der Waals surface area contributed by atoms with Crippen molar-refractivity contribution in [3.8, 4) is 22.7 Å². The molecule has 0 bridgehead atoms. The Morgan fingerprint density at radius 3 is 2.10 bits per heavy atom. The van der Waals surface area contributed by atoms with Crippen molar-refractivity contribution in [2.45, 2.75) is 6.18 Å². The summed E-state index contributed by atoms with van der Waals surface area (Å²) in [6.07, 6.45) is -4.47. The maximum absolute atomic E-state index is 12.5. The van der Waals surface area contributed by atoms with Gasteiger partial charge < -0.3 is 14.2 Å². The van der Waals surface area contributed by atoms with E-state index in [1.807, 2.05) is 0 Å². The predicted molar refractivity (Wildman–Crippen MR) is 103 cm³/mol. The highest BCUT2D eigenvalue weighted by Gasteiger charge is 2.31. The number of nitrogens with zero attached hydrogens (tertiary/aromatic N) is 2. The fourth-order valence-electron chi connectivity index (χ4n) is 2.83. The second-order valence-electron chi connectivity index (χ2n) is 6.23. The Morgan fingerprint density at radius 2 is 1.55 bits per heavy atom. The van der Waals surface area contributed by atoms with Crippen molar-refractivity contribution in [3.63, 3.8) is 0 Å². The molecule has 0 fully saturated rings. The molecule has 0 saturated carbocycles. The lowest BCUT2D eigenvalue weighted by molar-refractivity contribution is -0.153. The van der Waals surface area contributed by atoms with Crippen LogP contribution in [0, 0.1) is 0 Å². The summed E-state index contributed by atoms with van der Waals surface area (Å²) < 4.78 is 52.7. The molecular weight excluding hydrogens is 417 g/mol. The summed E-state index contributed by atoms with van der Waals surface area (Å²) >= 11 is 0. The number of aromatic nitrogens is 2. The molecule has 10 heteroatoms. The molecule has 1 aromatic heterocycles. The largest absolute Gasteiger partial charge is 0.484 e. The first-order chi connectivity index (χ1) is 14.7. The number of ether oxygens (including phenoxy) is 3. The average molecular weight is 434 g/mol. The van der Waals surface area contributed by atoms with Crippen LogP contribution in [0.1, 0.15) is 20.8 Å². The zero-order chi connectivity index (χ0) is 22.6. The molecule has 0 amide bonds. The number of rotatable bonds is 6. The fraction of sp³-hybridized carbons (Fsp3) is 0.190. The molecule has 2 aromatic carbocycles. The number of esters is 2. The first-order valence-corrected chi connectivity index (χ1v) is 8.90. The van der Waals surface area contributed by atoms with Gasteiger partial charge in [0.15, 0.2) is 12.3 Å². The van der Waals surface area contributed by atoms with Crippen molar-refractivity contribution in [2.75, 3.05) is 20.8 Å². The predicted octanol–water partition coefficient (Wildman–Crippen LogP) is 4.05. The molecule has 0 aliphatic heterocycles. The summed E-state index contributed by atoms with van der Waals surface area (Å²) in [6, 6.07) is 14.0. The number of para-hydroxylation sites is 1. The van der Waals surface area contributed by atoms with Crippen LogP contribution in [-0.2, 0) is 9.47 Å². The minimum atomic E-state index is -4.47. The van der Waals surface area contributed by atoms with Crippen molar-refractivity contribution < 1.29 is 37.0 Å². The fourth-order valence-corrected chi connectivity index (χ4v) is 2.83. The van der Waals surface area contributed by atoms with Crippen LogP contribution in [0.2, 0.25) is 0 Å². The summed E-state index contributed by atoms with van der Waals surface area (Å²) in [5, 5.41) is 4.40. The minimum absolute atomic E-state index is 0.0172. The molecule has 0 aliphatic rings. The second kappa shape index (κ2) is 8.90. The molecule has 31 heavy (non-hydrogen) atoms. The highest BCUT2D eigenvalue weighted by molar-refractivity contribution is 6.06. The van der Waals surface area contributed by atoms with E-state index in [1.54, 1.807) is 30.3 Å². The van der Waals surface area contributed by atoms with Gasteiger partial charge in [0.2, 0.25) is 0 Å². The van der Waals surface area contributed by atoms with Crippen molar-refractivity contribution >= 4 is 11.9 Å². The first kappa shape index (κ1) is 21.9. The lowest BCUT2D eigenvalue weighted by Gasteiger charge is -2.09. The third-order valence-corrected chi connectivity index (χ3v) is 4.18. The van der Waals surface area contributed by atoms with Crippen LogP contribution in [0.15, 0.2) is 54.6 Å². The van der Waals surface area contributed by atoms with E-state index >= 15 is 0 Å².